The Labute approximate surface area is 256 Å². The molecule has 13 nitrogen and oxygen atoms in total. The molecule has 0 unspecified atom stereocenters. The number of nitrogens with one attached hydrogen (secondary N) is 1. The molecule has 1 saturated heterocycles. The van der Waals surface area contributed by atoms with Crippen LogP contribution in [-0.2, 0) is 40.4 Å². The first-order valence-corrected chi connectivity index (χ1v) is 14.5. The van der Waals surface area contributed by atoms with Gasteiger partial charge in [0.2, 0.25) is 0 Å². The Morgan fingerprint density at radius 3 is 1.84 bits per heavy atom. The van der Waals surface area contributed by atoms with Gasteiger partial charge in [-0.1, -0.05) is 36.0 Å². The zero-order valence-electron chi connectivity index (χ0n) is 23.7. The lowest BCUT2D eigenvalue weighted by atomic mass is 10.0. The summed E-state index contributed by atoms with van der Waals surface area (Å²) in [6.45, 7) is 2.01. The first kappa shape index (κ1) is 31.9. The highest BCUT2D eigenvalue weighted by molar-refractivity contribution is 8.14. The lowest BCUT2D eigenvalue weighted by Gasteiger charge is -2.24. The van der Waals surface area contributed by atoms with Crippen molar-refractivity contribution in [3.8, 4) is 0 Å². The number of alkyl carbamates (subject to hydrolysis) is 1. The van der Waals surface area contributed by atoms with Gasteiger partial charge >= 0.3 is 12.2 Å². The number of likely N-dealkylation sites (tertiary alicyclic amines) is 1. The van der Waals surface area contributed by atoms with Crippen molar-refractivity contribution in [2.75, 3.05) is 6.54 Å². The second-order valence-electron chi connectivity index (χ2n) is 10.1. The fourth-order valence-electron chi connectivity index (χ4n) is 4.71. The number of hydrogen-bond donors (Lipinski definition) is 1. The number of hydrogen-bond acceptors (Lipinski definition) is 10. The van der Waals surface area contributed by atoms with Gasteiger partial charge in [0.15, 0.2) is 5.12 Å². The number of nitrogens with zero attached hydrogens (tertiary/aromatic N) is 3. The molecule has 1 N–H and O–H groups in total. The highest BCUT2D eigenvalue weighted by Gasteiger charge is 2.37. The molecule has 1 aliphatic heterocycles. The molecule has 1 aliphatic rings. The largest absolute Gasteiger partial charge is 0.445 e. The van der Waals surface area contributed by atoms with Crippen molar-refractivity contribution in [2.24, 2.45) is 0 Å². The summed E-state index contributed by atoms with van der Waals surface area (Å²) in [6, 6.07) is 18.9. The smallest absolute Gasteiger partial charge is 0.410 e. The predicted molar refractivity (Wildman–Crippen MR) is 161 cm³/mol. The molecule has 44 heavy (non-hydrogen) atoms. The Kier molecular flexibility index (Phi) is 10.9. The summed E-state index contributed by atoms with van der Waals surface area (Å²) in [7, 11) is 0. The van der Waals surface area contributed by atoms with Crippen LogP contribution >= 0.6 is 11.8 Å². The fraction of sp³-hybridized carbons (Fsp3) is 0.300. The van der Waals surface area contributed by atoms with E-state index in [9.17, 15) is 34.6 Å². The molecule has 0 bridgehead atoms. The summed E-state index contributed by atoms with van der Waals surface area (Å²) in [6.07, 6.45) is -0.00348. The average molecular weight is 623 g/mol. The molecule has 14 heteroatoms. The Bertz CT molecular complexity index is 1500. The van der Waals surface area contributed by atoms with E-state index in [2.05, 4.69) is 5.32 Å². The Balaban J connectivity index is 1.28. The minimum absolute atomic E-state index is 0.0279. The molecule has 3 aromatic rings. The van der Waals surface area contributed by atoms with Gasteiger partial charge < -0.3 is 19.7 Å². The van der Waals surface area contributed by atoms with E-state index in [-0.39, 0.29) is 47.5 Å². The molecule has 1 fully saturated rings. The molecule has 2 atom stereocenters. The van der Waals surface area contributed by atoms with E-state index in [0.29, 0.717) is 30.5 Å². The SMILES string of the molecule is CC(=O)S[C@H]1C[C@@H](Cc2ccc(CNC(=O)OCc3ccc([N+](=O)[O-])cc3)cc2)N(C(=O)OCc2ccc([N+](=O)[O-])cc2)C1. The van der Waals surface area contributed by atoms with Crippen LogP contribution in [0.1, 0.15) is 35.6 Å². The molecule has 1 heterocycles. The van der Waals surface area contributed by atoms with E-state index < -0.39 is 22.0 Å². The number of nitro groups is 2. The number of nitro benzene ring substituents is 2. The number of non-ortho nitro benzene ring substituents is 2. The maximum Gasteiger partial charge on any atom is 0.410 e. The number of rotatable bonds is 11. The number of amides is 2. The molecule has 3 aromatic carbocycles. The molecule has 0 aliphatic carbocycles. The number of thioether (sulfide) groups is 1. The fourth-order valence-corrected chi connectivity index (χ4v) is 5.73. The molecule has 230 valence electrons. The molecule has 0 aromatic heterocycles. The highest BCUT2D eigenvalue weighted by atomic mass is 32.2. The summed E-state index contributed by atoms with van der Waals surface area (Å²) >= 11 is 1.20. The molecule has 0 spiro atoms. The first-order chi connectivity index (χ1) is 21.1. The van der Waals surface area contributed by atoms with Gasteiger partial charge in [-0.2, -0.15) is 0 Å². The van der Waals surface area contributed by atoms with Crippen LogP contribution in [0.15, 0.2) is 72.8 Å². The lowest BCUT2D eigenvalue weighted by Crippen LogP contribution is -2.37. The van der Waals surface area contributed by atoms with E-state index in [1.807, 2.05) is 24.3 Å². The summed E-state index contributed by atoms with van der Waals surface area (Å²) in [5.41, 5.74) is 2.93. The normalized spacial score (nSPS) is 15.8. The van der Waals surface area contributed by atoms with Gasteiger partial charge in [0.1, 0.15) is 13.2 Å². The molecule has 0 saturated carbocycles. The predicted octanol–water partition coefficient (Wildman–Crippen LogP) is 5.53. The van der Waals surface area contributed by atoms with Crippen LogP contribution < -0.4 is 5.32 Å². The third-order valence-corrected chi connectivity index (χ3v) is 7.91. The number of carbonyl (C=O) groups excluding carboxylic acids is 3. The van der Waals surface area contributed by atoms with Crippen molar-refractivity contribution < 1.29 is 33.7 Å². The van der Waals surface area contributed by atoms with E-state index in [1.54, 1.807) is 4.90 Å². The van der Waals surface area contributed by atoms with Crippen molar-refractivity contribution in [3.05, 3.63) is 115 Å². The lowest BCUT2D eigenvalue weighted by molar-refractivity contribution is -0.385. The minimum atomic E-state index is -0.629. The number of ether oxygens (including phenoxy) is 2. The van der Waals surface area contributed by atoms with Gasteiger partial charge in [-0.05, 0) is 59.4 Å². The van der Waals surface area contributed by atoms with Gasteiger partial charge in [0, 0.05) is 55.6 Å². The summed E-state index contributed by atoms with van der Waals surface area (Å²) in [4.78, 5) is 59.1. The Morgan fingerprint density at radius 1 is 0.818 bits per heavy atom. The van der Waals surface area contributed by atoms with Crippen molar-refractivity contribution in [1.82, 2.24) is 10.2 Å². The van der Waals surface area contributed by atoms with Gasteiger partial charge in [-0.3, -0.25) is 25.0 Å². The van der Waals surface area contributed by atoms with E-state index >= 15 is 0 Å². The van der Waals surface area contributed by atoms with Crippen molar-refractivity contribution >= 4 is 40.4 Å². The summed E-state index contributed by atoms with van der Waals surface area (Å²) in [5, 5.41) is 24.2. The molecular formula is C30H30N4O9S. The van der Waals surface area contributed by atoms with Gasteiger partial charge in [0.05, 0.1) is 9.85 Å². The maximum atomic E-state index is 13.0. The topological polar surface area (TPSA) is 171 Å². The van der Waals surface area contributed by atoms with Crippen molar-refractivity contribution in [3.63, 3.8) is 0 Å². The summed E-state index contributed by atoms with van der Waals surface area (Å²) < 4.78 is 10.7. The average Bonchev–Trinajstić information content (AvgIpc) is 3.40. The van der Waals surface area contributed by atoms with Crippen molar-refractivity contribution in [2.45, 2.75) is 50.8 Å². The van der Waals surface area contributed by atoms with Gasteiger partial charge in [0.25, 0.3) is 11.4 Å². The molecule has 2 amide bonds. The third-order valence-electron chi connectivity index (χ3n) is 6.90. The highest BCUT2D eigenvalue weighted by Crippen LogP contribution is 2.31. The third kappa shape index (κ3) is 9.26. The Hall–Kier alpha value is -4.98. The van der Waals surface area contributed by atoms with Crippen LogP contribution in [0, 0.1) is 20.2 Å². The zero-order valence-corrected chi connectivity index (χ0v) is 24.6. The van der Waals surface area contributed by atoms with Crippen LogP contribution in [-0.4, -0.2) is 49.9 Å². The van der Waals surface area contributed by atoms with Gasteiger partial charge in [-0.25, -0.2) is 9.59 Å². The Morgan fingerprint density at radius 2 is 1.32 bits per heavy atom. The second kappa shape index (κ2) is 15.0. The monoisotopic (exact) mass is 622 g/mol. The number of benzene rings is 3. The number of carbonyl (C=O) groups is 3. The van der Waals surface area contributed by atoms with E-state index in [1.165, 1.54) is 67.2 Å². The maximum absolute atomic E-state index is 13.0. The van der Waals surface area contributed by atoms with Crippen LogP contribution in [0.2, 0.25) is 0 Å². The molecule has 0 radical (unpaired) electrons. The van der Waals surface area contributed by atoms with Gasteiger partial charge in [-0.15, -0.1) is 0 Å². The van der Waals surface area contributed by atoms with Crippen LogP contribution in [0.3, 0.4) is 0 Å². The molecular weight excluding hydrogens is 592 g/mol. The van der Waals surface area contributed by atoms with Crippen LogP contribution in [0.25, 0.3) is 0 Å². The summed E-state index contributed by atoms with van der Waals surface area (Å²) in [5.74, 6) is 0. The van der Waals surface area contributed by atoms with E-state index in [4.69, 9.17) is 9.47 Å². The van der Waals surface area contributed by atoms with Crippen molar-refractivity contribution in [1.29, 1.82) is 0 Å². The first-order valence-electron chi connectivity index (χ1n) is 13.6. The van der Waals surface area contributed by atoms with Crippen LogP contribution in [0.5, 0.6) is 0 Å². The van der Waals surface area contributed by atoms with Crippen LogP contribution in [0.4, 0.5) is 21.0 Å². The standard InChI is InChI=1S/C30H30N4O9S/c1-20(35)44-28-15-27(32(17-28)30(37)43-19-24-8-12-26(13-9-24)34(40)41)14-21-2-4-22(5-3-21)16-31-29(36)42-18-23-6-10-25(11-7-23)33(38)39/h2-13,27-28H,14-19H2,1H3,(H,31,36)/t27-,28+/m1/s1. The van der Waals surface area contributed by atoms with E-state index in [0.717, 1.165) is 11.1 Å². The quantitative estimate of drug-likeness (QED) is 0.212. The zero-order chi connectivity index (χ0) is 31.6. The molecule has 4 rings (SSSR count). The second-order valence-corrected chi connectivity index (χ2v) is 11.6. The minimum Gasteiger partial charge on any atom is -0.445 e.